The first kappa shape index (κ1) is 32.3. The highest BCUT2D eigenvalue weighted by atomic mass is 32.1. The van der Waals surface area contributed by atoms with Crippen LogP contribution in [0.3, 0.4) is 0 Å². The Bertz CT molecular complexity index is 3470. The molecule has 0 saturated carbocycles. The zero-order chi connectivity index (χ0) is 37.5. The monoisotopic (exact) mass is 762 g/mol. The van der Waals surface area contributed by atoms with Crippen LogP contribution in [0.4, 0.5) is 0 Å². The van der Waals surface area contributed by atoms with Gasteiger partial charge in [-0.15, -0.1) is 22.7 Å². The van der Waals surface area contributed by atoms with Gasteiger partial charge in [0.05, 0.1) is 11.0 Å². The van der Waals surface area contributed by atoms with E-state index in [0.717, 1.165) is 22.1 Å². The first-order chi connectivity index (χ1) is 28.2. The van der Waals surface area contributed by atoms with Crippen molar-refractivity contribution in [2.24, 2.45) is 0 Å². The zero-order valence-electron chi connectivity index (χ0n) is 30.4. The van der Waals surface area contributed by atoms with Gasteiger partial charge in [-0.3, -0.25) is 0 Å². The lowest BCUT2D eigenvalue weighted by atomic mass is 9.99. The maximum atomic E-state index is 5.12. The van der Waals surface area contributed by atoms with Crippen LogP contribution in [0.2, 0.25) is 0 Å². The number of hydrogen-bond donors (Lipinski definition) is 0. The average molecular weight is 763 g/mol. The number of thiophene rings is 2. The Labute approximate surface area is 335 Å². The third-order valence-corrected chi connectivity index (χ3v) is 13.3. The first-order valence-corrected chi connectivity index (χ1v) is 20.6. The fourth-order valence-electron chi connectivity index (χ4n) is 8.41. The lowest BCUT2D eigenvalue weighted by Crippen LogP contribution is -2.00. The normalized spacial score (nSPS) is 11.9. The molecule has 0 N–H and O–H groups in total. The molecule has 12 aromatic rings. The van der Waals surface area contributed by atoms with Gasteiger partial charge < -0.3 is 4.57 Å². The van der Waals surface area contributed by atoms with Gasteiger partial charge in [0, 0.05) is 73.5 Å². The van der Waals surface area contributed by atoms with E-state index in [0.29, 0.717) is 17.5 Å². The Morgan fingerprint density at radius 3 is 1.70 bits per heavy atom. The van der Waals surface area contributed by atoms with Crippen LogP contribution in [0.5, 0.6) is 0 Å². The first-order valence-electron chi connectivity index (χ1n) is 19.0. The molecule has 0 bridgehead atoms. The van der Waals surface area contributed by atoms with E-state index in [1.807, 2.05) is 59.1 Å². The van der Waals surface area contributed by atoms with E-state index in [9.17, 15) is 0 Å². The second-order valence-electron chi connectivity index (χ2n) is 14.4. The minimum Gasteiger partial charge on any atom is -0.309 e. The van der Waals surface area contributed by atoms with Crippen LogP contribution in [0.25, 0.3) is 113 Å². The molecule has 0 radical (unpaired) electrons. The molecule has 4 nitrogen and oxygen atoms in total. The molecule has 0 aliphatic carbocycles. The smallest absolute Gasteiger partial charge is 0.164 e. The number of aromatic nitrogens is 4. The summed E-state index contributed by atoms with van der Waals surface area (Å²) < 4.78 is 7.48. The van der Waals surface area contributed by atoms with E-state index in [4.69, 9.17) is 15.0 Å². The van der Waals surface area contributed by atoms with Crippen molar-refractivity contribution < 1.29 is 0 Å². The van der Waals surface area contributed by atoms with Gasteiger partial charge in [-0.1, -0.05) is 127 Å². The molecule has 266 valence electrons. The summed E-state index contributed by atoms with van der Waals surface area (Å²) in [5, 5.41) is 7.48. The van der Waals surface area contributed by atoms with E-state index >= 15 is 0 Å². The van der Waals surface area contributed by atoms with Crippen LogP contribution < -0.4 is 0 Å². The minimum absolute atomic E-state index is 0.660. The summed E-state index contributed by atoms with van der Waals surface area (Å²) in [6, 6.07) is 65.0. The Morgan fingerprint density at radius 1 is 0.333 bits per heavy atom. The summed E-state index contributed by atoms with van der Waals surface area (Å²) in [4.78, 5) is 15.2. The predicted molar refractivity (Wildman–Crippen MR) is 242 cm³/mol. The Morgan fingerprint density at radius 2 is 0.912 bits per heavy atom. The van der Waals surface area contributed by atoms with Gasteiger partial charge in [0.1, 0.15) is 0 Å². The van der Waals surface area contributed by atoms with E-state index < -0.39 is 0 Å². The van der Waals surface area contributed by atoms with Crippen molar-refractivity contribution in [1.82, 2.24) is 19.5 Å². The summed E-state index contributed by atoms with van der Waals surface area (Å²) in [5.41, 5.74) is 8.85. The van der Waals surface area contributed by atoms with E-state index in [1.165, 1.54) is 73.6 Å². The van der Waals surface area contributed by atoms with Crippen molar-refractivity contribution in [3.05, 3.63) is 182 Å². The molecule has 0 unspecified atom stereocenters. The highest BCUT2D eigenvalue weighted by Gasteiger charge is 2.19. The number of hydrogen-bond acceptors (Lipinski definition) is 5. The van der Waals surface area contributed by atoms with Gasteiger partial charge in [0.25, 0.3) is 0 Å². The lowest BCUT2D eigenvalue weighted by Gasteiger charge is -2.10. The summed E-state index contributed by atoms with van der Waals surface area (Å²) in [7, 11) is 0. The Balaban J connectivity index is 1.02. The van der Waals surface area contributed by atoms with Crippen molar-refractivity contribution in [3.8, 4) is 51.0 Å². The summed E-state index contributed by atoms with van der Waals surface area (Å²) in [6.07, 6.45) is 0. The molecule has 12 rings (SSSR count). The molecule has 4 aromatic heterocycles. The van der Waals surface area contributed by atoms with Gasteiger partial charge in [0.2, 0.25) is 0 Å². The van der Waals surface area contributed by atoms with Crippen LogP contribution in [0, 0.1) is 0 Å². The standard InChI is InChI=1S/C51H30N4S2/c1-3-12-31(13-4-1)49-52-50(32-14-5-2-6-15-32)54-51(53-49)39-18-11-21-46-48(39)41-29-34(23-27-45(41)56-46)33-22-26-43-40(28-33)36-16-7-9-19-42(36)55(43)35-24-25-38-37-17-8-10-20-44(37)57-47(38)30-35/h1-30H. The summed E-state index contributed by atoms with van der Waals surface area (Å²) in [5.74, 6) is 1.99. The lowest BCUT2D eigenvalue weighted by molar-refractivity contribution is 1.08. The summed E-state index contributed by atoms with van der Waals surface area (Å²) in [6.45, 7) is 0. The molecular formula is C51H30N4S2. The van der Waals surface area contributed by atoms with Crippen LogP contribution in [-0.4, -0.2) is 19.5 Å². The number of fused-ring (bicyclic) bond motifs is 9. The molecule has 8 aromatic carbocycles. The van der Waals surface area contributed by atoms with Crippen molar-refractivity contribution in [2.45, 2.75) is 0 Å². The maximum Gasteiger partial charge on any atom is 0.164 e. The van der Waals surface area contributed by atoms with Crippen LogP contribution in [-0.2, 0) is 0 Å². The highest BCUT2D eigenvalue weighted by Crippen LogP contribution is 2.43. The van der Waals surface area contributed by atoms with Crippen LogP contribution in [0.1, 0.15) is 0 Å². The quantitative estimate of drug-likeness (QED) is 0.175. The molecule has 57 heavy (non-hydrogen) atoms. The Kier molecular flexibility index (Phi) is 7.24. The largest absolute Gasteiger partial charge is 0.309 e. The fourth-order valence-corrected chi connectivity index (χ4v) is 10.7. The molecule has 0 aliphatic heterocycles. The second-order valence-corrected chi connectivity index (χ2v) is 16.6. The third-order valence-electron chi connectivity index (χ3n) is 11.1. The second kappa shape index (κ2) is 12.8. The minimum atomic E-state index is 0.660. The van der Waals surface area contributed by atoms with Gasteiger partial charge in [-0.05, 0) is 65.7 Å². The number of nitrogens with zero attached hydrogens (tertiary/aromatic N) is 4. The zero-order valence-corrected chi connectivity index (χ0v) is 32.1. The van der Waals surface area contributed by atoms with Crippen molar-refractivity contribution in [1.29, 1.82) is 0 Å². The number of para-hydroxylation sites is 1. The molecule has 0 atom stereocenters. The fraction of sp³-hybridized carbons (Fsp3) is 0. The SMILES string of the molecule is c1ccc(-c2nc(-c3ccccc3)nc(-c3cccc4sc5ccc(-c6ccc7c(c6)c6ccccc6n7-c6ccc7c(c6)sc6ccccc67)cc5c34)n2)cc1. The van der Waals surface area contributed by atoms with Crippen molar-refractivity contribution in [3.63, 3.8) is 0 Å². The van der Waals surface area contributed by atoms with E-state index in [2.05, 4.69) is 150 Å². The highest BCUT2D eigenvalue weighted by molar-refractivity contribution is 7.26. The van der Waals surface area contributed by atoms with E-state index in [1.54, 1.807) is 0 Å². The molecular weight excluding hydrogens is 733 g/mol. The van der Waals surface area contributed by atoms with Crippen LogP contribution in [0.15, 0.2) is 182 Å². The van der Waals surface area contributed by atoms with Gasteiger partial charge in [-0.2, -0.15) is 0 Å². The number of benzene rings is 8. The predicted octanol–water partition coefficient (Wildman–Crippen LogP) is 14.4. The molecule has 0 amide bonds. The molecule has 0 aliphatic rings. The molecule has 0 saturated heterocycles. The van der Waals surface area contributed by atoms with Gasteiger partial charge in [0.15, 0.2) is 17.5 Å². The molecule has 6 heteroatoms. The molecule has 0 fully saturated rings. The van der Waals surface area contributed by atoms with Gasteiger partial charge >= 0.3 is 0 Å². The average Bonchev–Trinajstić information content (AvgIpc) is 3.95. The van der Waals surface area contributed by atoms with Crippen LogP contribution >= 0.6 is 22.7 Å². The third kappa shape index (κ3) is 5.22. The topological polar surface area (TPSA) is 43.6 Å². The molecule has 4 heterocycles. The van der Waals surface area contributed by atoms with Crippen molar-refractivity contribution >= 4 is 84.8 Å². The van der Waals surface area contributed by atoms with Gasteiger partial charge in [-0.25, -0.2) is 15.0 Å². The maximum absolute atomic E-state index is 5.12. The molecule has 0 spiro atoms. The Hall–Kier alpha value is -6.99. The summed E-state index contributed by atoms with van der Waals surface area (Å²) >= 11 is 3.67. The number of rotatable bonds is 5. The van der Waals surface area contributed by atoms with Crippen molar-refractivity contribution in [2.75, 3.05) is 0 Å². The van der Waals surface area contributed by atoms with E-state index in [-0.39, 0.29) is 0 Å².